The second-order valence-electron chi connectivity index (χ2n) is 3.77. The van der Waals surface area contributed by atoms with Crippen molar-refractivity contribution >= 4 is 17.3 Å². The lowest BCUT2D eigenvalue weighted by Crippen LogP contribution is -2.20. The Bertz CT molecular complexity index is 371. The molecule has 6 heteroatoms. The third-order valence-corrected chi connectivity index (χ3v) is 2.78. The molecular formula is C12H18ClNO4. The lowest BCUT2D eigenvalue weighted by atomic mass is 10.1. The molecule has 0 saturated carbocycles. The Labute approximate surface area is 111 Å². The van der Waals surface area contributed by atoms with Crippen molar-refractivity contribution in [1.82, 2.24) is 0 Å². The van der Waals surface area contributed by atoms with Crippen molar-refractivity contribution in [2.24, 2.45) is 0 Å². The largest absolute Gasteiger partial charge is 0.506 e. The van der Waals surface area contributed by atoms with Crippen molar-refractivity contribution in [3.63, 3.8) is 0 Å². The third kappa shape index (κ3) is 4.03. The van der Waals surface area contributed by atoms with Crippen LogP contribution in [0.1, 0.15) is 11.9 Å². The summed E-state index contributed by atoms with van der Waals surface area (Å²) in [6.45, 7) is 0.255. The standard InChI is InChI=1S/C12H18ClNO4/c1-17-12(18-2)8-3-4-11(16)10(5-8)14-7-9(15)6-13/h3-5,9,12,14-16H,6-7H2,1-2H3. The van der Waals surface area contributed by atoms with Crippen molar-refractivity contribution in [2.75, 3.05) is 32.0 Å². The molecule has 5 nitrogen and oxygen atoms in total. The molecule has 0 saturated heterocycles. The number of alkyl halides is 1. The smallest absolute Gasteiger partial charge is 0.183 e. The van der Waals surface area contributed by atoms with Gasteiger partial charge in [-0.05, 0) is 12.1 Å². The molecule has 0 amide bonds. The monoisotopic (exact) mass is 275 g/mol. The number of halogens is 1. The summed E-state index contributed by atoms with van der Waals surface area (Å²) in [5, 5.41) is 22.0. The predicted molar refractivity (Wildman–Crippen MR) is 70.1 cm³/mol. The molecule has 1 unspecified atom stereocenters. The van der Waals surface area contributed by atoms with E-state index in [1.54, 1.807) is 12.1 Å². The number of benzene rings is 1. The van der Waals surface area contributed by atoms with Crippen LogP contribution in [0.15, 0.2) is 18.2 Å². The Morgan fingerprint density at radius 3 is 2.56 bits per heavy atom. The molecule has 0 aliphatic heterocycles. The SMILES string of the molecule is COC(OC)c1ccc(O)c(NCC(O)CCl)c1. The van der Waals surface area contributed by atoms with E-state index in [2.05, 4.69) is 5.32 Å². The van der Waals surface area contributed by atoms with Crippen LogP contribution in [0, 0.1) is 0 Å². The van der Waals surface area contributed by atoms with Gasteiger partial charge in [0, 0.05) is 26.3 Å². The van der Waals surface area contributed by atoms with Crippen molar-refractivity contribution in [3.8, 4) is 5.75 Å². The molecule has 0 aliphatic carbocycles. The molecule has 0 radical (unpaired) electrons. The molecule has 1 rings (SSSR count). The van der Waals surface area contributed by atoms with Crippen molar-refractivity contribution in [1.29, 1.82) is 0 Å². The topological polar surface area (TPSA) is 71.0 Å². The maximum atomic E-state index is 9.69. The number of aromatic hydroxyl groups is 1. The van der Waals surface area contributed by atoms with Gasteiger partial charge in [0.1, 0.15) is 5.75 Å². The Morgan fingerprint density at radius 1 is 1.33 bits per heavy atom. The fourth-order valence-electron chi connectivity index (χ4n) is 1.49. The van der Waals surface area contributed by atoms with Crippen LogP contribution in [0.4, 0.5) is 5.69 Å². The minimum absolute atomic E-state index is 0.0893. The summed E-state index contributed by atoms with van der Waals surface area (Å²) < 4.78 is 10.3. The van der Waals surface area contributed by atoms with Gasteiger partial charge < -0.3 is 25.0 Å². The van der Waals surface area contributed by atoms with Crippen molar-refractivity contribution in [2.45, 2.75) is 12.4 Å². The normalized spacial score (nSPS) is 12.7. The van der Waals surface area contributed by atoms with Gasteiger partial charge in [-0.1, -0.05) is 6.07 Å². The summed E-state index contributed by atoms with van der Waals surface area (Å²) in [6.07, 6.45) is -1.17. The van der Waals surface area contributed by atoms with E-state index in [0.717, 1.165) is 5.56 Å². The van der Waals surface area contributed by atoms with Crippen LogP contribution in [0.3, 0.4) is 0 Å². The number of phenolic OH excluding ortho intramolecular Hbond substituents is 1. The minimum atomic E-state index is -0.671. The highest BCUT2D eigenvalue weighted by Gasteiger charge is 2.12. The van der Waals surface area contributed by atoms with E-state index in [1.165, 1.54) is 20.3 Å². The number of nitrogens with one attached hydrogen (secondary N) is 1. The van der Waals surface area contributed by atoms with E-state index in [4.69, 9.17) is 21.1 Å². The molecule has 0 fully saturated rings. The van der Waals surface area contributed by atoms with Crippen LogP contribution >= 0.6 is 11.6 Å². The Hall–Kier alpha value is -1.01. The first-order chi connectivity index (χ1) is 8.62. The summed E-state index contributed by atoms with van der Waals surface area (Å²) in [5.74, 6) is 0.221. The number of hydrogen-bond donors (Lipinski definition) is 3. The molecule has 0 spiro atoms. The molecule has 3 N–H and O–H groups in total. The summed E-state index contributed by atoms with van der Waals surface area (Å²) in [6, 6.07) is 4.94. The Morgan fingerprint density at radius 2 is 2.00 bits per heavy atom. The van der Waals surface area contributed by atoms with E-state index >= 15 is 0 Å². The van der Waals surface area contributed by atoms with Gasteiger partial charge in [-0.3, -0.25) is 0 Å². The number of aliphatic hydroxyl groups excluding tert-OH is 1. The zero-order valence-corrected chi connectivity index (χ0v) is 11.1. The number of ether oxygens (including phenoxy) is 2. The first-order valence-corrected chi connectivity index (χ1v) is 6.02. The summed E-state index contributed by atoms with van der Waals surface area (Å²) in [4.78, 5) is 0. The first-order valence-electron chi connectivity index (χ1n) is 5.48. The van der Waals surface area contributed by atoms with Crippen molar-refractivity contribution < 1.29 is 19.7 Å². The molecule has 1 aromatic rings. The number of hydrogen-bond acceptors (Lipinski definition) is 5. The molecule has 1 aromatic carbocycles. The highest BCUT2D eigenvalue weighted by atomic mass is 35.5. The average Bonchev–Trinajstić information content (AvgIpc) is 2.39. The Kier molecular flexibility index (Phi) is 6.21. The van der Waals surface area contributed by atoms with E-state index < -0.39 is 12.4 Å². The van der Waals surface area contributed by atoms with E-state index in [-0.39, 0.29) is 18.2 Å². The molecule has 18 heavy (non-hydrogen) atoms. The van der Waals surface area contributed by atoms with Gasteiger partial charge in [0.15, 0.2) is 6.29 Å². The second kappa shape index (κ2) is 7.43. The van der Waals surface area contributed by atoms with E-state index in [1.807, 2.05) is 0 Å². The maximum absolute atomic E-state index is 9.69. The van der Waals surface area contributed by atoms with Crippen molar-refractivity contribution in [3.05, 3.63) is 23.8 Å². The van der Waals surface area contributed by atoms with Crippen LogP contribution in [-0.4, -0.2) is 43.0 Å². The maximum Gasteiger partial charge on any atom is 0.183 e. The van der Waals surface area contributed by atoms with Crippen LogP contribution in [0.2, 0.25) is 0 Å². The van der Waals surface area contributed by atoms with Gasteiger partial charge in [0.05, 0.1) is 17.7 Å². The first kappa shape index (κ1) is 15.0. The van der Waals surface area contributed by atoms with E-state index in [0.29, 0.717) is 5.69 Å². The molecule has 1 atom stereocenters. The zero-order valence-electron chi connectivity index (χ0n) is 10.4. The quantitative estimate of drug-likeness (QED) is 0.401. The minimum Gasteiger partial charge on any atom is -0.506 e. The fourth-order valence-corrected chi connectivity index (χ4v) is 1.60. The Balaban J connectivity index is 2.80. The summed E-state index contributed by atoms with van der Waals surface area (Å²) in [7, 11) is 3.07. The van der Waals surface area contributed by atoms with Crippen LogP contribution in [0.25, 0.3) is 0 Å². The third-order valence-electron chi connectivity index (χ3n) is 2.43. The van der Waals surface area contributed by atoms with Crippen LogP contribution in [-0.2, 0) is 9.47 Å². The van der Waals surface area contributed by atoms with Crippen LogP contribution in [0.5, 0.6) is 5.75 Å². The molecule has 0 aliphatic rings. The number of phenols is 1. The highest BCUT2D eigenvalue weighted by molar-refractivity contribution is 6.18. The summed E-state index contributed by atoms with van der Waals surface area (Å²) >= 11 is 5.49. The average molecular weight is 276 g/mol. The summed E-state index contributed by atoms with van der Waals surface area (Å²) in [5.41, 5.74) is 1.26. The highest BCUT2D eigenvalue weighted by Crippen LogP contribution is 2.28. The number of anilines is 1. The number of rotatable bonds is 7. The molecule has 0 bridgehead atoms. The van der Waals surface area contributed by atoms with Gasteiger partial charge in [0.25, 0.3) is 0 Å². The number of aliphatic hydroxyl groups is 1. The molecule has 0 aromatic heterocycles. The predicted octanol–water partition coefficient (Wildman–Crippen LogP) is 1.70. The van der Waals surface area contributed by atoms with E-state index in [9.17, 15) is 10.2 Å². The molecular weight excluding hydrogens is 258 g/mol. The molecule has 102 valence electrons. The van der Waals surface area contributed by atoms with Gasteiger partial charge in [0.2, 0.25) is 0 Å². The van der Waals surface area contributed by atoms with Crippen LogP contribution < -0.4 is 5.32 Å². The lowest BCUT2D eigenvalue weighted by molar-refractivity contribution is -0.106. The lowest BCUT2D eigenvalue weighted by Gasteiger charge is -2.17. The second-order valence-corrected chi connectivity index (χ2v) is 4.08. The van der Waals surface area contributed by atoms with Gasteiger partial charge in [-0.2, -0.15) is 0 Å². The molecule has 0 heterocycles. The van der Waals surface area contributed by atoms with Gasteiger partial charge >= 0.3 is 0 Å². The zero-order chi connectivity index (χ0) is 13.5. The number of methoxy groups -OCH3 is 2. The van der Waals surface area contributed by atoms with Gasteiger partial charge in [-0.25, -0.2) is 0 Å². The van der Waals surface area contributed by atoms with Gasteiger partial charge in [-0.15, -0.1) is 11.6 Å². The fraction of sp³-hybridized carbons (Fsp3) is 0.500.